The number of hydrogen-bond acceptors (Lipinski definition) is 10. The van der Waals surface area contributed by atoms with E-state index in [1.54, 1.807) is 42.2 Å². The van der Waals surface area contributed by atoms with Crippen LogP contribution >= 0.6 is 0 Å². The second-order valence-electron chi connectivity index (χ2n) is 12.9. The Morgan fingerprint density at radius 3 is 2.37 bits per heavy atom. The first-order valence-corrected chi connectivity index (χ1v) is 16.6. The average Bonchev–Trinajstić information content (AvgIpc) is 3.78. The smallest absolute Gasteiger partial charge is 0.429 e. The molecule has 1 unspecified atom stereocenters. The van der Waals surface area contributed by atoms with Crippen molar-refractivity contribution in [2.75, 3.05) is 57.1 Å². The minimum absolute atomic E-state index is 0.0719. The molecular weight excluding hydrogens is 641 g/mol. The number of aromatic nitrogens is 2. The van der Waals surface area contributed by atoms with E-state index in [4.69, 9.17) is 19.9 Å². The summed E-state index contributed by atoms with van der Waals surface area (Å²) in [5, 5.41) is 3.27. The van der Waals surface area contributed by atoms with Gasteiger partial charge in [0.25, 0.3) is 5.91 Å². The number of nitrogens with zero attached hydrogens (tertiary/aromatic N) is 4. The predicted molar refractivity (Wildman–Crippen MR) is 176 cm³/mol. The Balaban J connectivity index is 1.15. The number of nitrogen functional groups attached to an aromatic ring is 1. The Morgan fingerprint density at radius 1 is 1.02 bits per heavy atom. The quantitative estimate of drug-likeness (QED) is 0.292. The van der Waals surface area contributed by atoms with E-state index in [9.17, 15) is 22.8 Å². The van der Waals surface area contributed by atoms with Gasteiger partial charge in [-0.05, 0) is 67.7 Å². The molecule has 0 aliphatic carbocycles. The highest BCUT2D eigenvalue weighted by Gasteiger charge is 2.45. The molecule has 3 aromatic rings. The van der Waals surface area contributed by atoms with Gasteiger partial charge in [-0.3, -0.25) is 9.59 Å². The maximum atomic E-state index is 14.4. The molecule has 0 radical (unpaired) electrons. The molecule has 3 aliphatic heterocycles. The summed E-state index contributed by atoms with van der Waals surface area (Å²) in [5.74, 6) is -0.0640. The second kappa shape index (κ2) is 14.1. The second-order valence-corrected chi connectivity index (χ2v) is 12.9. The molecule has 14 heteroatoms. The fourth-order valence-electron chi connectivity index (χ4n) is 7.00. The fraction of sp³-hybridized carbons (Fsp3) is 0.486. The van der Waals surface area contributed by atoms with Crippen molar-refractivity contribution in [2.24, 2.45) is 5.41 Å². The third-order valence-electron chi connectivity index (χ3n) is 9.69. The van der Waals surface area contributed by atoms with Crippen LogP contribution in [0.4, 0.5) is 24.9 Å². The van der Waals surface area contributed by atoms with Crippen molar-refractivity contribution in [2.45, 2.75) is 57.3 Å². The number of likely N-dealkylation sites (tertiary alicyclic amines) is 1. The largest absolute Gasteiger partial charge is 0.496 e. The highest BCUT2D eigenvalue weighted by molar-refractivity contribution is 5.97. The highest BCUT2D eigenvalue weighted by Crippen LogP contribution is 2.42. The van der Waals surface area contributed by atoms with Crippen molar-refractivity contribution in [3.05, 3.63) is 59.7 Å². The summed E-state index contributed by atoms with van der Waals surface area (Å²) in [6.45, 7) is 5.35. The summed E-state index contributed by atoms with van der Waals surface area (Å²) >= 11 is 0. The summed E-state index contributed by atoms with van der Waals surface area (Å²) < 4.78 is 59.4. The van der Waals surface area contributed by atoms with Crippen LogP contribution in [0, 0.1) is 5.41 Å². The molecule has 3 saturated heterocycles. The van der Waals surface area contributed by atoms with Crippen molar-refractivity contribution >= 4 is 23.6 Å². The van der Waals surface area contributed by atoms with Gasteiger partial charge in [-0.25, -0.2) is 0 Å². The number of halogens is 3. The van der Waals surface area contributed by atoms with E-state index >= 15 is 0 Å². The molecule has 2 atom stereocenters. The number of amides is 1. The molecule has 49 heavy (non-hydrogen) atoms. The van der Waals surface area contributed by atoms with Crippen LogP contribution in [0.1, 0.15) is 61.1 Å². The first kappa shape index (κ1) is 34.3. The molecule has 1 aromatic heterocycles. The molecule has 0 saturated carbocycles. The van der Waals surface area contributed by atoms with Gasteiger partial charge in [0.2, 0.25) is 17.9 Å². The van der Waals surface area contributed by atoms with Crippen molar-refractivity contribution in [1.29, 1.82) is 0 Å². The molecule has 1 amide bonds. The number of carbonyl (C=O) groups is 2. The Kier molecular flexibility index (Phi) is 9.87. The predicted octanol–water partition coefficient (Wildman–Crippen LogP) is 5.16. The highest BCUT2D eigenvalue weighted by atomic mass is 19.4. The van der Waals surface area contributed by atoms with Crippen LogP contribution in [0.15, 0.2) is 48.5 Å². The average molecular weight is 683 g/mol. The summed E-state index contributed by atoms with van der Waals surface area (Å²) in [7, 11) is 1.48. The third-order valence-corrected chi connectivity index (χ3v) is 9.69. The number of methoxy groups -OCH3 is 1. The standard InChI is InChI=1S/C35H41F3N6O5/c1-3-48-32(46)26-20-34(21-40-26)12-16-43(17-13-34)28-19-29(42-33(39)41-28)49-30(35(36,37)38)23-8-6-22(7-9-23)24-10-11-25(27(18-24)47-2)31(45)44-14-4-5-15-44/h6-11,18-19,26,30,40H,3-5,12-17,20-21H2,1-2H3,(H2,39,41,42)/t26?,30-/m1/s1. The maximum absolute atomic E-state index is 14.4. The minimum Gasteiger partial charge on any atom is -0.496 e. The van der Waals surface area contributed by atoms with Crippen LogP contribution < -0.4 is 25.4 Å². The molecule has 3 N–H and O–H groups in total. The first-order chi connectivity index (χ1) is 23.5. The number of ether oxygens (including phenoxy) is 3. The molecule has 1 spiro atoms. The molecule has 0 bridgehead atoms. The Morgan fingerprint density at radius 2 is 1.71 bits per heavy atom. The van der Waals surface area contributed by atoms with Gasteiger partial charge in [-0.15, -0.1) is 0 Å². The molecule has 2 aromatic carbocycles. The number of nitrogens with one attached hydrogen (secondary N) is 1. The SMILES string of the molecule is CCOC(=O)C1CC2(CCN(c3cc(O[C@H](c4ccc(-c5ccc(C(=O)N6CCCC6)c(OC)c5)cc4)C(F)(F)F)nc(N)n3)CC2)CN1. The molecule has 3 fully saturated rings. The lowest BCUT2D eigenvalue weighted by Gasteiger charge is -2.39. The van der Waals surface area contributed by atoms with E-state index in [-0.39, 0.29) is 40.7 Å². The normalized spacial score (nSPS) is 19.6. The lowest BCUT2D eigenvalue weighted by molar-refractivity contribution is -0.198. The first-order valence-electron chi connectivity index (χ1n) is 16.6. The molecule has 4 heterocycles. The van der Waals surface area contributed by atoms with Gasteiger partial charge >= 0.3 is 12.1 Å². The Hall–Kier alpha value is -4.59. The summed E-state index contributed by atoms with van der Waals surface area (Å²) in [6, 6.07) is 12.1. The summed E-state index contributed by atoms with van der Waals surface area (Å²) in [4.78, 5) is 37.2. The van der Waals surface area contributed by atoms with Crippen molar-refractivity contribution in [3.8, 4) is 22.8 Å². The lowest BCUT2D eigenvalue weighted by atomic mass is 9.76. The Labute approximate surface area is 282 Å². The third kappa shape index (κ3) is 7.53. The topological polar surface area (TPSA) is 132 Å². The van der Waals surface area contributed by atoms with Crippen molar-refractivity contribution in [3.63, 3.8) is 0 Å². The number of esters is 1. The van der Waals surface area contributed by atoms with E-state index in [1.165, 1.54) is 25.3 Å². The number of nitrogens with two attached hydrogens (primary N) is 1. The van der Waals surface area contributed by atoms with E-state index in [0.29, 0.717) is 74.0 Å². The van der Waals surface area contributed by atoms with Gasteiger partial charge in [0.15, 0.2) is 0 Å². The number of alkyl halides is 3. The molecule has 262 valence electrons. The maximum Gasteiger partial charge on any atom is 0.429 e. The number of anilines is 2. The zero-order chi connectivity index (χ0) is 34.8. The number of piperidine rings is 1. The number of carbonyl (C=O) groups excluding carboxylic acids is 2. The number of hydrogen-bond donors (Lipinski definition) is 2. The zero-order valence-electron chi connectivity index (χ0n) is 27.6. The summed E-state index contributed by atoms with van der Waals surface area (Å²) in [6.07, 6.45) is -2.95. The molecule has 6 rings (SSSR count). The number of rotatable bonds is 9. The van der Waals surface area contributed by atoms with Gasteiger partial charge in [0.05, 0.1) is 19.3 Å². The fourth-order valence-corrected chi connectivity index (χ4v) is 7.00. The van der Waals surface area contributed by atoms with Crippen molar-refractivity contribution in [1.82, 2.24) is 20.2 Å². The van der Waals surface area contributed by atoms with Crippen LogP contribution in [0.2, 0.25) is 0 Å². The molecule has 11 nitrogen and oxygen atoms in total. The molecular formula is C35H41F3N6O5. The van der Waals surface area contributed by atoms with Crippen LogP contribution in [0.3, 0.4) is 0 Å². The van der Waals surface area contributed by atoms with Crippen molar-refractivity contribution < 1.29 is 37.0 Å². The van der Waals surface area contributed by atoms with Crippen LogP contribution in [0.5, 0.6) is 11.6 Å². The number of benzene rings is 2. The van der Waals surface area contributed by atoms with Crippen LogP contribution in [0.25, 0.3) is 11.1 Å². The van der Waals surface area contributed by atoms with Gasteiger partial charge in [0, 0.05) is 44.4 Å². The minimum atomic E-state index is -4.76. The van der Waals surface area contributed by atoms with E-state index < -0.39 is 12.3 Å². The van der Waals surface area contributed by atoms with Crippen LogP contribution in [-0.4, -0.2) is 85.4 Å². The summed E-state index contributed by atoms with van der Waals surface area (Å²) in [5.41, 5.74) is 7.54. The van der Waals surface area contributed by atoms with Gasteiger partial charge in [-0.1, -0.05) is 30.3 Å². The zero-order valence-corrected chi connectivity index (χ0v) is 27.6. The monoisotopic (exact) mass is 682 g/mol. The van der Waals surface area contributed by atoms with Gasteiger partial charge < -0.3 is 35.1 Å². The van der Waals surface area contributed by atoms with E-state index in [1.807, 2.05) is 4.90 Å². The molecule has 3 aliphatic rings. The van der Waals surface area contributed by atoms with Gasteiger partial charge in [0.1, 0.15) is 17.6 Å². The lowest BCUT2D eigenvalue weighted by Crippen LogP contribution is -2.41. The van der Waals surface area contributed by atoms with Gasteiger partial charge in [-0.2, -0.15) is 23.1 Å². The Bertz CT molecular complexity index is 1660. The van der Waals surface area contributed by atoms with E-state index in [2.05, 4.69) is 15.3 Å². The van der Waals surface area contributed by atoms with Crippen LogP contribution in [-0.2, 0) is 9.53 Å². The van der Waals surface area contributed by atoms with E-state index in [0.717, 1.165) is 25.7 Å².